The third kappa shape index (κ3) is 4.50. The van der Waals surface area contributed by atoms with Crippen LogP contribution in [0.4, 0.5) is 13.2 Å². The smallest absolute Gasteiger partial charge is 0.384 e. The Labute approximate surface area is 111 Å². The zero-order chi connectivity index (χ0) is 15.3. The maximum absolute atomic E-state index is 12.0. The van der Waals surface area contributed by atoms with Gasteiger partial charge in [-0.1, -0.05) is 0 Å². The summed E-state index contributed by atoms with van der Waals surface area (Å²) in [6, 6.07) is 2.49. The molecular weight excluding hydrogens is 279 g/mol. The maximum atomic E-state index is 12.0. The topological polar surface area (TPSA) is 105 Å². The second-order valence-electron chi connectivity index (χ2n) is 3.90. The number of rotatable bonds is 5. The minimum absolute atomic E-state index is 0.0333. The van der Waals surface area contributed by atoms with Gasteiger partial charge in [0, 0.05) is 12.7 Å². The Bertz CT molecular complexity index is 488. The fourth-order valence-electron chi connectivity index (χ4n) is 1.26. The molecule has 1 unspecified atom stereocenters. The standard InChI is InChI=1S/C11H12F3N3O3/c12-11(13,14)8(18)3-4-16-10(20)6-1-2-7(9(15)19)17-5-6/h1-2,5,8,18H,3-4H2,(H2,15,19)(H,16,20). The Kier molecular flexibility index (Phi) is 5.03. The fourth-order valence-corrected chi connectivity index (χ4v) is 1.26. The van der Waals surface area contributed by atoms with Crippen molar-refractivity contribution in [2.24, 2.45) is 5.73 Å². The van der Waals surface area contributed by atoms with Gasteiger partial charge in [0.15, 0.2) is 6.10 Å². The van der Waals surface area contributed by atoms with Crippen molar-refractivity contribution >= 4 is 11.8 Å². The van der Waals surface area contributed by atoms with E-state index < -0.39 is 30.5 Å². The molecule has 0 aliphatic heterocycles. The predicted molar refractivity (Wildman–Crippen MR) is 61.8 cm³/mol. The average molecular weight is 291 g/mol. The second-order valence-corrected chi connectivity index (χ2v) is 3.90. The van der Waals surface area contributed by atoms with Gasteiger partial charge >= 0.3 is 6.18 Å². The van der Waals surface area contributed by atoms with Crippen LogP contribution in [-0.4, -0.2) is 40.7 Å². The average Bonchev–Trinajstić information content (AvgIpc) is 2.37. The van der Waals surface area contributed by atoms with Crippen LogP contribution in [0.25, 0.3) is 0 Å². The van der Waals surface area contributed by atoms with E-state index in [0.29, 0.717) is 0 Å². The molecule has 0 spiro atoms. The van der Waals surface area contributed by atoms with E-state index in [1.54, 1.807) is 0 Å². The number of carbonyl (C=O) groups is 2. The lowest BCUT2D eigenvalue weighted by atomic mass is 10.2. The van der Waals surface area contributed by atoms with Crippen LogP contribution < -0.4 is 11.1 Å². The zero-order valence-electron chi connectivity index (χ0n) is 10.1. The van der Waals surface area contributed by atoms with Gasteiger partial charge < -0.3 is 16.2 Å². The molecule has 110 valence electrons. The number of amides is 2. The number of carbonyl (C=O) groups excluding carboxylic acids is 2. The van der Waals surface area contributed by atoms with E-state index in [0.717, 1.165) is 6.20 Å². The maximum Gasteiger partial charge on any atom is 0.414 e. The van der Waals surface area contributed by atoms with Crippen molar-refractivity contribution in [3.05, 3.63) is 29.6 Å². The summed E-state index contributed by atoms with van der Waals surface area (Å²) in [7, 11) is 0. The van der Waals surface area contributed by atoms with Crippen LogP contribution in [-0.2, 0) is 0 Å². The first-order valence-electron chi connectivity index (χ1n) is 5.50. The Morgan fingerprint density at radius 1 is 1.40 bits per heavy atom. The van der Waals surface area contributed by atoms with Crippen LogP contribution in [0.2, 0.25) is 0 Å². The van der Waals surface area contributed by atoms with E-state index in [2.05, 4.69) is 10.3 Å². The van der Waals surface area contributed by atoms with Gasteiger partial charge in [0.2, 0.25) is 0 Å². The van der Waals surface area contributed by atoms with E-state index >= 15 is 0 Å². The summed E-state index contributed by atoms with van der Waals surface area (Å²) in [5, 5.41) is 10.9. The number of aliphatic hydroxyl groups excluding tert-OH is 1. The molecule has 0 aliphatic carbocycles. The van der Waals surface area contributed by atoms with Crippen molar-refractivity contribution in [1.29, 1.82) is 0 Å². The van der Waals surface area contributed by atoms with Gasteiger partial charge in [-0.3, -0.25) is 14.6 Å². The number of nitrogens with two attached hydrogens (primary N) is 1. The molecule has 0 aromatic carbocycles. The van der Waals surface area contributed by atoms with Gasteiger partial charge in [0.1, 0.15) is 5.69 Å². The van der Waals surface area contributed by atoms with Crippen molar-refractivity contribution in [1.82, 2.24) is 10.3 Å². The van der Waals surface area contributed by atoms with E-state index in [-0.39, 0.29) is 17.8 Å². The van der Waals surface area contributed by atoms with Gasteiger partial charge in [-0.15, -0.1) is 0 Å². The summed E-state index contributed by atoms with van der Waals surface area (Å²) in [5.41, 5.74) is 4.99. The van der Waals surface area contributed by atoms with E-state index in [4.69, 9.17) is 10.8 Å². The lowest BCUT2D eigenvalue weighted by Gasteiger charge is -2.14. The van der Waals surface area contributed by atoms with Crippen LogP contribution >= 0.6 is 0 Å². The third-order valence-electron chi connectivity index (χ3n) is 2.36. The number of nitrogens with zero attached hydrogens (tertiary/aromatic N) is 1. The highest BCUT2D eigenvalue weighted by molar-refractivity contribution is 5.95. The van der Waals surface area contributed by atoms with Crippen molar-refractivity contribution in [3.63, 3.8) is 0 Å². The number of pyridine rings is 1. The van der Waals surface area contributed by atoms with Crippen LogP contribution in [0.15, 0.2) is 18.3 Å². The molecule has 4 N–H and O–H groups in total. The second kappa shape index (κ2) is 6.33. The SMILES string of the molecule is NC(=O)c1ccc(C(=O)NCCC(O)C(F)(F)F)cn1. The summed E-state index contributed by atoms with van der Waals surface area (Å²) in [5.74, 6) is -1.42. The van der Waals surface area contributed by atoms with Crippen molar-refractivity contribution < 1.29 is 27.9 Å². The number of primary amides is 1. The predicted octanol–water partition coefficient (Wildman–Crippen LogP) is 0.224. The number of nitrogens with one attached hydrogen (secondary N) is 1. The largest absolute Gasteiger partial charge is 0.414 e. The van der Waals surface area contributed by atoms with Gasteiger partial charge in [-0.05, 0) is 18.6 Å². The molecule has 6 nitrogen and oxygen atoms in total. The van der Waals surface area contributed by atoms with Crippen molar-refractivity contribution in [2.45, 2.75) is 18.7 Å². The lowest BCUT2D eigenvalue weighted by Crippen LogP contribution is -2.34. The molecule has 0 bridgehead atoms. The van der Waals surface area contributed by atoms with Crippen molar-refractivity contribution in [3.8, 4) is 0 Å². The molecule has 1 rings (SSSR count). The molecular formula is C11H12F3N3O3. The van der Waals surface area contributed by atoms with Gasteiger partial charge in [-0.2, -0.15) is 13.2 Å². The normalized spacial score (nSPS) is 12.8. The summed E-state index contributed by atoms with van der Waals surface area (Å²) < 4.78 is 36.0. The molecule has 1 aromatic heterocycles. The van der Waals surface area contributed by atoms with Crippen LogP contribution in [0.5, 0.6) is 0 Å². The monoisotopic (exact) mass is 291 g/mol. The minimum Gasteiger partial charge on any atom is -0.384 e. The molecule has 0 saturated carbocycles. The van der Waals surface area contributed by atoms with Gasteiger partial charge in [0.25, 0.3) is 11.8 Å². The molecule has 0 aliphatic rings. The molecule has 0 fully saturated rings. The first kappa shape index (κ1) is 15.9. The molecule has 1 atom stereocenters. The number of hydrogen-bond acceptors (Lipinski definition) is 4. The summed E-state index contributed by atoms with van der Waals surface area (Å²) in [6.07, 6.45) is -6.77. The summed E-state index contributed by atoms with van der Waals surface area (Å²) in [4.78, 5) is 25.9. The Morgan fingerprint density at radius 2 is 2.05 bits per heavy atom. The third-order valence-corrected chi connectivity index (χ3v) is 2.36. The summed E-state index contributed by atoms with van der Waals surface area (Å²) >= 11 is 0. The Balaban J connectivity index is 2.49. The van der Waals surface area contributed by atoms with Crippen LogP contribution in [0, 0.1) is 0 Å². The highest BCUT2D eigenvalue weighted by atomic mass is 19.4. The van der Waals surface area contributed by atoms with E-state index in [9.17, 15) is 22.8 Å². The molecule has 20 heavy (non-hydrogen) atoms. The lowest BCUT2D eigenvalue weighted by molar-refractivity contribution is -0.204. The molecule has 0 saturated heterocycles. The minimum atomic E-state index is -4.71. The van der Waals surface area contributed by atoms with Gasteiger partial charge in [0.05, 0.1) is 5.56 Å². The Morgan fingerprint density at radius 3 is 2.50 bits per heavy atom. The number of aromatic nitrogens is 1. The Hall–Kier alpha value is -2.16. The quantitative estimate of drug-likeness (QED) is 0.721. The van der Waals surface area contributed by atoms with Crippen LogP contribution in [0.1, 0.15) is 27.3 Å². The molecule has 1 aromatic rings. The van der Waals surface area contributed by atoms with E-state index in [1.165, 1.54) is 12.1 Å². The number of hydrogen-bond donors (Lipinski definition) is 3. The number of aliphatic hydroxyl groups is 1. The first-order valence-corrected chi connectivity index (χ1v) is 5.50. The van der Waals surface area contributed by atoms with Crippen LogP contribution in [0.3, 0.4) is 0 Å². The molecule has 2 amide bonds. The van der Waals surface area contributed by atoms with Crippen molar-refractivity contribution in [2.75, 3.05) is 6.54 Å². The van der Waals surface area contributed by atoms with E-state index in [1.807, 2.05) is 0 Å². The summed E-state index contributed by atoms with van der Waals surface area (Å²) in [6.45, 7) is -0.350. The molecule has 1 heterocycles. The first-order chi connectivity index (χ1) is 9.21. The highest BCUT2D eigenvalue weighted by Crippen LogP contribution is 2.21. The number of halogens is 3. The highest BCUT2D eigenvalue weighted by Gasteiger charge is 2.37. The molecule has 9 heteroatoms. The van der Waals surface area contributed by atoms with Gasteiger partial charge in [-0.25, -0.2) is 0 Å². The number of alkyl halides is 3. The fraction of sp³-hybridized carbons (Fsp3) is 0.364. The molecule has 0 radical (unpaired) electrons. The zero-order valence-corrected chi connectivity index (χ0v) is 10.1.